The number of amides is 1. The Bertz CT molecular complexity index is 573. The van der Waals surface area contributed by atoms with Gasteiger partial charge in [-0.05, 0) is 15.9 Å². The zero-order valence-corrected chi connectivity index (χ0v) is 9.16. The smallest absolute Gasteiger partial charge is 0.413 e. The van der Waals surface area contributed by atoms with Crippen LogP contribution in [0.2, 0.25) is 0 Å². The quantitative estimate of drug-likeness (QED) is 0.881. The molecular weight excluding hydrogens is 236 g/mol. The van der Waals surface area contributed by atoms with Gasteiger partial charge in [-0.25, -0.2) is 9.42 Å². The summed E-state index contributed by atoms with van der Waals surface area (Å²) in [5, 5.41) is 17.5. The summed E-state index contributed by atoms with van der Waals surface area (Å²) in [7, 11) is 0. The van der Waals surface area contributed by atoms with E-state index in [4.69, 9.17) is 10.00 Å². The molecule has 0 saturated heterocycles. The van der Waals surface area contributed by atoms with Crippen molar-refractivity contribution in [3.05, 3.63) is 41.6 Å². The van der Waals surface area contributed by atoms with Crippen LogP contribution in [0, 0.1) is 11.3 Å². The Hall–Kier alpha value is -2.88. The summed E-state index contributed by atoms with van der Waals surface area (Å²) < 4.78 is 9.24. The van der Waals surface area contributed by atoms with E-state index in [1.165, 1.54) is 0 Å². The summed E-state index contributed by atoms with van der Waals surface area (Å²) in [4.78, 5) is 11.4. The van der Waals surface area contributed by atoms with Crippen LogP contribution in [-0.4, -0.2) is 16.4 Å². The number of hydrogen-bond acceptors (Lipinski definition) is 6. The molecule has 0 spiro atoms. The van der Waals surface area contributed by atoms with Crippen molar-refractivity contribution in [2.45, 2.75) is 6.61 Å². The number of benzene rings is 1. The number of nitriles is 1. The molecule has 7 nitrogen and oxygen atoms in total. The molecule has 1 N–H and O–H groups in total. The zero-order chi connectivity index (χ0) is 12.8. The van der Waals surface area contributed by atoms with E-state index >= 15 is 0 Å². The highest BCUT2D eigenvalue weighted by atomic mass is 16.6. The highest BCUT2D eigenvalue weighted by Gasteiger charge is 2.13. The highest BCUT2D eigenvalue weighted by Crippen LogP contribution is 2.08. The number of carbonyl (C=O) groups excluding carboxylic acids is 1. The average Bonchev–Trinajstić information content (AvgIpc) is 2.85. The Morgan fingerprint density at radius 1 is 1.39 bits per heavy atom. The van der Waals surface area contributed by atoms with Crippen LogP contribution in [0.1, 0.15) is 11.3 Å². The second kappa shape index (κ2) is 5.45. The first-order valence-electron chi connectivity index (χ1n) is 5.00. The molecule has 1 amide bonds. The van der Waals surface area contributed by atoms with Gasteiger partial charge in [0.25, 0.3) is 0 Å². The van der Waals surface area contributed by atoms with E-state index in [1.807, 2.05) is 30.3 Å². The minimum atomic E-state index is -0.731. The monoisotopic (exact) mass is 244 g/mol. The Morgan fingerprint density at radius 3 is 2.89 bits per heavy atom. The van der Waals surface area contributed by atoms with E-state index in [2.05, 4.69) is 20.3 Å². The van der Waals surface area contributed by atoms with Gasteiger partial charge in [0.2, 0.25) is 11.5 Å². The molecule has 2 rings (SSSR count). The standard InChI is InChI=1S/C11H8N4O3/c12-6-9-10(15-18-14-9)13-11(16)17-7-8-4-2-1-3-5-8/h1-5H,7H2,(H,13,15,16). The van der Waals surface area contributed by atoms with Crippen molar-refractivity contribution in [1.29, 1.82) is 5.26 Å². The Kier molecular flexibility index (Phi) is 3.51. The van der Waals surface area contributed by atoms with Crippen molar-refractivity contribution in [1.82, 2.24) is 10.3 Å². The fourth-order valence-corrected chi connectivity index (χ4v) is 1.20. The summed E-state index contributed by atoms with van der Waals surface area (Å²) in [6.07, 6.45) is -0.731. The molecule has 0 aliphatic carbocycles. The van der Waals surface area contributed by atoms with E-state index in [9.17, 15) is 4.79 Å². The number of carbonyl (C=O) groups is 1. The molecule has 7 heteroatoms. The third kappa shape index (κ3) is 2.82. The molecular formula is C11H8N4O3. The third-order valence-electron chi connectivity index (χ3n) is 2.03. The molecule has 1 aromatic heterocycles. The van der Waals surface area contributed by atoms with Crippen LogP contribution < -0.4 is 5.32 Å². The Morgan fingerprint density at radius 2 is 2.17 bits per heavy atom. The molecule has 0 saturated carbocycles. The SMILES string of the molecule is N#Cc1nonc1NC(=O)OCc1ccccc1. The number of nitrogens with zero attached hydrogens (tertiary/aromatic N) is 3. The second-order valence-corrected chi connectivity index (χ2v) is 3.26. The van der Waals surface area contributed by atoms with Gasteiger partial charge in [-0.1, -0.05) is 30.3 Å². The fraction of sp³-hybridized carbons (Fsp3) is 0.0909. The normalized spacial score (nSPS) is 9.50. The Labute approximate surface area is 102 Å². The predicted molar refractivity (Wildman–Crippen MR) is 59.3 cm³/mol. The van der Waals surface area contributed by atoms with Gasteiger partial charge in [-0.15, -0.1) is 0 Å². The summed E-state index contributed by atoms with van der Waals surface area (Å²) in [5.74, 6) is -0.0597. The molecule has 0 aliphatic heterocycles. The minimum Gasteiger partial charge on any atom is -0.444 e. The van der Waals surface area contributed by atoms with E-state index in [1.54, 1.807) is 6.07 Å². The number of hydrogen-bond donors (Lipinski definition) is 1. The zero-order valence-electron chi connectivity index (χ0n) is 9.16. The summed E-state index contributed by atoms with van der Waals surface area (Å²) >= 11 is 0. The lowest BCUT2D eigenvalue weighted by atomic mass is 10.2. The van der Waals surface area contributed by atoms with Gasteiger partial charge < -0.3 is 4.74 Å². The van der Waals surface area contributed by atoms with Gasteiger partial charge in [-0.3, -0.25) is 5.32 Å². The van der Waals surface area contributed by atoms with Crippen LogP contribution in [0.5, 0.6) is 0 Å². The van der Waals surface area contributed by atoms with Crippen LogP contribution in [0.4, 0.5) is 10.6 Å². The molecule has 18 heavy (non-hydrogen) atoms. The lowest BCUT2D eigenvalue weighted by Crippen LogP contribution is -2.14. The van der Waals surface area contributed by atoms with Gasteiger partial charge in [-0.2, -0.15) is 5.26 Å². The van der Waals surface area contributed by atoms with Crippen molar-refractivity contribution >= 4 is 11.9 Å². The van der Waals surface area contributed by atoms with Crippen LogP contribution in [0.3, 0.4) is 0 Å². The molecule has 0 aliphatic rings. The lowest BCUT2D eigenvalue weighted by Gasteiger charge is -2.04. The molecule has 0 atom stereocenters. The third-order valence-corrected chi connectivity index (χ3v) is 2.03. The minimum absolute atomic E-state index is 0.0597. The number of nitrogens with one attached hydrogen (secondary N) is 1. The first kappa shape index (κ1) is 11.6. The predicted octanol–water partition coefficient (Wildman–Crippen LogP) is 1.69. The molecule has 0 unspecified atom stereocenters. The highest BCUT2D eigenvalue weighted by molar-refractivity contribution is 5.84. The van der Waals surface area contributed by atoms with Gasteiger partial charge in [0.05, 0.1) is 0 Å². The maximum atomic E-state index is 11.4. The van der Waals surface area contributed by atoms with E-state index in [0.29, 0.717) is 0 Å². The van der Waals surface area contributed by atoms with E-state index in [-0.39, 0.29) is 18.1 Å². The molecule has 0 radical (unpaired) electrons. The van der Waals surface area contributed by atoms with Gasteiger partial charge in [0.15, 0.2) is 0 Å². The molecule has 2 aromatic rings. The molecule has 1 heterocycles. The molecule has 0 bridgehead atoms. The van der Waals surface area contributed by atoms with E-state index in [0.717, 1.165) is 5.56 Å². The largest absolute Gasteiger partial charge is 0.444 e. The fourth-order valence-electron chi connectivity index (χ4n) is 1.20. The average molecular weight is 244 g/mol. The van der Waals surface area contributed by atoms with E-state index < -0.39 is 6.09 Å². The lowest BCUT2D eigenvalue weighted by molar-refractivity contribution is 0.155. The summed E-state index contributed by atoms with van der Waals surface area (Å²) in [6.45, 7) is 0.125. The maximum Gasteiger partial charge on any atom is 0.413 e. The van der Waals surface area contributed by atoms with Crippen LogP contribution in [0.15, 0.2) is 35.0 Å². The summed E-state index contributed by atoms with van der Waals surface area (Å²) in [5.41, 5.74) is 0.748. The van der Waals surface area contributed by atoms with Crippen LogP contribution in [-0.2, 0) is 11.3 Å². The molecule has 90 valence electrons. The number of anilines is 1. The van der Waals surface area contributed by atoms with Crippen molar-refractivity contribution in [3.8, 4) is 6.07 Å². The van der Waals surface area contributed by atoms with Crippen LogP contribution in [0.25, 0.3) is 0 Å². The topological polar surface area (TPSA) is 101 Å². The van der Waals surface area contributed by atoms with Crippen molar-refractivity contribution in [2.24, 2.45) is 0 Å². The molecule has 1 aromatic carbocycles. The number of ether oxygens (including phenoxy) is 1. The summed E-state index contributed by atoms with van der Waals surface area (Å²) in [6, 6.07) is 10.9. The number of aromatic nitrogens is 2. The number of rotatable bonds is 3. The first-order chi connectivity index (χ1) is 8.79. The van der Waals surface area contributed by atoms with Crippen molar-refractivity contribution < 1.29 is 14.2 Å². The van der Waals surface area contributed by atoms with Crippen LogP contribution >= 0.6 is 0 Å². The van der Waals surface area contributed by atoms with Gasteiger partial charge in [0, 0.05) is 0 Å². The second-order valence-electron chi connectivity index (χ2n) is 3.26. The first-order valence-corrected chi connectivity index (χ1v) is 5.00. The van der Waals surface area contributed by atoms with Crippen molar-refractivity contribution in [3.63, 3.8) is 0 Å². The van der Waals surface area contributed by atoms with Gasteiger partial charge >= 0.3 is 6.09 Å². The maximum absolute atomic E-state index is 11.4. The van der Waals surface area contributed by atoms with Gasteiger partial charge in [0.1, 0.15) is 12.7 Å². The van der Waals surface area contributed by atoms with Crippen molar-refractivity contribution in [2.75, 3.05) is 5.32 Å². The Balaban J connectivity index is 1.88. The molecule has 0 fully saturated rings.